The predicted octanol–water partition coefficient (Wildman–Crippen LogP) is 3.34. The van der Waals surface area contributed by atoms with Gasteiger partial charge in [-0.25, -0.2) is 8.78 Å². The van der Waals surface area contributed by atoms with E-state index in [0.29, 0.717) is 23.6 Å². The molecule has 0 radical (unpaired) electrons. The normalized spacial score (nSPS) is 15.8. The molecule has 1 N–H and O–H groups in total. The second kappa shape index (κ2) is 7.59. The second-order valence-electron chi connectivity index (χ2n) is 6.36. The Kier molecular flexibility index (Phi) is 4.84. The Balaban J connectivity index is 1.34. The molecule has 1 amide bonds. The summed E-state index contributed by atoms with van der Waals surface area (Å²) in [5.74, 6) is -0.622. The van der Waals surface area contributed by atoms with Gasteiger partial charge in [0.05, 0.1) is 12.3 Å². The van der Waals surface area contributed by atoms with Crippen LogP contribution in [-0.4, -0.2) is 27.5 Å². The van der Waals surface area contributed by atoms with Crippen molar-refractivity contribution in [3.8, 4) is 0 Å². The summed E-state index contributed by atoms with van der Waals surface area (Å²) in [6, 6.07) is 13.6. The van der Waals surface area contributed by atoms with Crippen LogP contribution in [0.3, 0.4) is 0 Å². The van der Waals surface area contributed by atoms with Crippen LogP contribution in [0.5, 0.6) is 0 Å². The van der Waals surface area contributed by atoms with Crippen LogP contribution < -0.4 is 5.32 Å². The van der Waals surface area contributed by atoms with Crippen molar-refractivity contribution in [3.05, 3.63) is 83.6 Å². The fourth-order valence-electron chi connectivity index (χ4n) is 2.83. The van der Waals surface area contributed by atoms with E-state index in [2.05, 4.69) is 15.6 Å². The zero-order chi connectivity index (χ0) is 19.5. The molecule has 2 aromatic carbocycles. The molecule has 0 spiro atoms. The number of benzene rings is 2. The Morgan fingerprint density at radius 1 is 1.07 bits per heavy atom. The summed E-state index contributed by atoms with van der Waals surface area (Å²) in [5.41, 5.74) is 2.18. The summed E-state index contributed by atoms with van der Waals surface area (Å²) in [5, 5.41) is 10.9. The van der Waals surface area contributed by atoms with E-state index >= 15 is 0 Å². The van der Waals surface area contributed by atoms with Crippen LogP contribution in [0.4, 0.5) is 14.6 Å². The maximum Gasteiger partial charge on any atom is 0.269 e. The van der Waals surface area contributed by atoms with Gasteiger partial charge in [-0.3, -0.25) is 9.48 Å². The number of carbonyl (C=O) groups excluding carboxylic acids is 1. The monoisotopic (exact) mass is 382 g/mol. The van der Waals surface area contributed by atoms with E-state index in [0.717, 1.165) is 5.56 Å². The van der Waals surface area contributed by atoms with Crippen LogP contribution in [0, 0.1) is 11.6 Å². The van der Waals surface area contributed by atoms with Gasteiger partial charge >= 0.3 is 0 Å². The molecule has 0 unspecified atom stereocenters. The molecule has 0 aliphatic carbocycles. The standard InChI is InChI=1S/C20H16F2N4O2/c21-15-5-1-13(2-6-15)12-26-10-9-19(24-26)23-20(27)18-11-17(25-28-18)14-3-7-16(22)8-4-14/h1-10,18H,11-12H2,(H,23,24,27)/t18-/m0/s1. The van der Waals surface area contributed by atoms with E-state index in [1.54, 1.807) is 41.2 Å². The van der Waals surface area contributed by atoms with Gasteiger partial charge in [0.15, 0.2) is 5.82 Å². The Morgan fingerprint density at radius 3 is 2.46 bits per heavy atom. The lowest BCUT2D eigenvalue weighted by atomic mass is 10.0. The number of aromatic nitrogens is 2. The van der Waals surface area contributed by atoms with Crippen LogP contribution in [0.2, 0.25) is 0 Å². The molecule has 8 heteroatoms. The molecule has 0 saturated carbocycles. The molecule has 3 aromatic rings. The zero-order valence-corrected chi connectivity index (χ0v) is 14.7. The van der Waals surface area contributed by atoms with E-state index in [-0.39, 0.29) is 24.0 Å². The number of nitrogens with zero attached hydrogens (tertiary/aromatic N) is 3. The van der Waals surface area contributed by atoms with Gasteiger partial charge in [0.25, 0.3) is 5.91 Å². The van der Waals surface area contributed by atoms with Crippen LogP contribution in [0.15, 0.2) is 65.9 Å². The first-order chi connectivity index (χ1) is 13.6. The minimum atomic E-state index is -0.776. The molecular formula is C20H16F2N4O2. The SMILES string of the molecule is O=C(Nc1ccn(Cc2ccc(F)cc2)n1)[C@@H]1CC(c2ccc(F)cc2)=NO1. The summed E-state index contributed by atoms with van der Waals surface area (Å²) in [7, 11) is 0. The lowest BCUT2D eigenvalue weighted by molar-refractivity contribution is -0.125. The minimum Gasteiger partial charge on any atom is -0.382 e. The number of oxime groups is 1. The summed E-state index contributed by atoms with van der Waals surface area (Å²) in [4.78, 5) is 17.6. The number of halogens is 2. The molecule has 0 saturated heterocycles. The summed E-state index contributed by atoms with van der Waals surface area (Å²) in [6.45, 7) is 0.452. The molecule has 1 aliphatic rings. The third-order valence-electron chi connectivity index (χ3n) is 4.29. The highest BCUT2D eigenvalue weighted by atomic mass is 19.1. The molecule has 6 nitrogen and oxygen atoms in total. The fraction of sp³-hybridized carbons (Fsp3) is 0.150. The van der Waals surface area contributed by atoms with Crippen LogP contribution in [0.25, 0.3) is 0 Å². The van der Waals surface area contributed by atoms with Gasteiger partial charge in [0, 0.05) is 18.7 Å². The number of rotatable bonds is 5. The second-order valence-corrected chi connectivity index (χ2v) is 6.36. The first-order valence-corrected chi connectivity index (χ1v) is 8.64. The van der Waals surface area contributed by atoms with Crippen molar-refractivity contribution in [1.29, 1.82) is 0 Å². The van der Waals surface area contributed by atoms with E-state index in [1.807, 2.05) is 0 Å². The van der Waals surface area contributed by atoms with Gasteiger partial charge < -0.3 is 10.2 Å². The fourth-order valence-corrected chi connectivity index (χ4v) is 2.83. The van der Waals surface area contributed by atoms with E-state index in [9.17, 15) is 13.6 Å². The van der Waals surface area contributed by atoms with Crippen molar-refractivity contribution >= 4 is 17.4 Å². The Hall–Kier alpha value is -3.55. The van der Waals surface area contributed by atoms with Crippen molar-refractivity contribution in [2.45, 2.75) is 19.1 Å². The smallest absolute Gasteiger partial charge is 0.269 e. The van der Waals surface area contributed by atoms with Gasteiger partial charge in [0.2, 0.25) is 6.10 Å². The molecule has 0 bridgehead atoms. The van der Waals surface area contributed by atoms with Gasteiger partial charge in [-0.1, -0.05) is 29.4 Å². The minimum absolute atomic E-state index is 0.285. The Bertz CT molecular complexity index is 1010. The first kappa shape index (κ1) is 17.8. The maximum atomic E-state index is 13.0. The molecule has 1 aliphatic heterocycles. The Labute approximate surface area is 159 Å². The van der Waals surface area contributed by atoms with Crippen LogP contribution in [-0.2, 0) is 16.2 Å². The maximum absolute atomic E-state index is 13.0. The van der Waals surface area contributed by atoms with Gasteiger partial charge in [-0.05, 0) is 35.4 Å². The van der Waals surface area contributed by atoms with E-state index < -0.39 is 6.10 Å². The average molecular weight is 382 g/mol. The first-order valence-electron chi connectivity index (χ1n) is 8.64. The van der Waals surface area contributed by atoms with E-state index in [4.69, 9.17) is 4.84 Å². The highest BCUT2D eigenvalue weighted by Gasteiger charge is 2.29. The molecule has 2 heterocycles. The third-order valence-corrected chi connectivity index (χ3v) is 4.29. The predicted molar refractivity (Wildman–Crippen MR) is 98.8 cm³/mol. The number of hydrogen-bond donors (Lipinski definition) is 1. The summed E-state index contributed by atoms with van der Waals surface area (Å²) >= 11 is 0. The molecule has 0 fully saturated rings. The largest absolute Gasteiger partial charge is 0.382 e. The lowest BCUT2D eigenvalue weighted by Crippen LogP contribution is -2.28. The molecule has 142 valence electrons. The van der Waals surface area contributed by atoms with Crippen molar-refractivity contribution in [1.82, 2.24) is 9.78 Å². The highest BCUT2D eigenvalue weighted by Crippen LogP contribution is 2.18. The number of anilines is 1. The number of carbonyl (C=O) groups is 1. The quantitative estimate of drug-likeness (QED) is 0.736. The highest BCUT2D eigenvalue weighted by molar-refractivity contribution is 6.05. The Morgan fingerprint density at radius 2 is 1.75 bits per heavy atom. The van der Waals surface area contributed by atoms with E-state index in [1.165, 1.54) is 24.3 Å². The van der Waals surface area contributed by atoms with Crippen LogP contribution >= 0.6 is 0 Å². The molecule has 1 atom stereocenters. The number of hydrogen-bond acceptors (Lipinski definition) is 4. The molecule has 4 rings (SSSR count). The summed E-state index contributed by atoms with van der Waals surface area (Å²) in [6.07, 6.45) is 1.23. The van der Waals surface area contributed by atoms with Gasteiger partial charge in [-0.15, -0.1) is 0 Å². The molecular weight excluding hydrogens is 366 g/mol. The molecule has 28 heavy (non-hydrogen) atoms. The van der Waals surface area contributed by atoms with Crippen molar-refractivity contribution < 1.29 is 18.4 Å². The average Bonchev–Trinajstić information content (AvgIpc) is 3.34. The van der Waals surface area contributed by atoms with Crippen LogP contribution in [0.1, 0.15) is 17.5 Å². The third kappa shape index (κ3) is 4.06. The van der Waals surface area contributed by atoms with Crippen molar-refractivity contribution in [3.63, 3.8) is 0 Å². The van der Waals surface area contributed by atoms with Crippen molar-refractivity contribution in [2.24, 2.45) is 5.16 Å². The van der Waals surface area contributed by atoms with Gasteiger partial charge in [0.1, 0.15) is 11.6 Å². The number of nitrogens with one attached hydrogen (secondary N) is 1. The zero-order valence-electron chi connectivity index (χ0n) is 14.7. The lowest BCUT2D eigenvalue weighted by Gasteiger charge is -2.07. The molecule has 1 aromatic heterocycles. The van der Waals surface area contributed by atoms with Crippen molar-refractivity contribution in [2.75, 3.05) is 5.32 Å². The topological polar surface area (TPSA) is 68.5 Å². The van der Waals surface area contributed by atoms with Gasteiger partial charge in [-0.2, -0.15) is 5.10 Å². The summed E-state index contributed by atoms with van der Waals surface area (Å²) < 4.78 is 27.6. The number of amides is 1.